The van der Waals surface area contributed by atoms with Crippen LogP contribution in [0.3, 0.4) is 0 Å². The number of hydrogen-bond donors (Lipinski definition) is 2. The molecule has 1 amide bonds. The highest BCUT2D eigenvalue weighted by Gasteiger charge is 2.07. The second-order valence-electron chi connectivity index (χ2n) is 2.94. The maximum absolute atomic E-state index is 11.3. The Morgan fingerprint density at radius 2 is 2.31 bits per heavy atom. The highest BCUT2D eigenvalue weighted by molar-refractivity contribution is 5.93. The third-order valence-corrected chi connectivity index (χ3v) is 1.32. The van der Waals surface area contributed by atoms with E-state index in [9.17, 15) is 4.79 Å². The molecule has 1 aromatic rings. The van der Waals surface area contributed by atoms with Crippen LogP contribution in [0.1, 0.15) is 30.0 Å². The average molecular weight is 180 g/mol. The average Bonchev–Trinajstić information content (AvgIpc) is 2.47. The number of aromatic amines is 1. The Morgan fingerprint density at radius 3 is 2.77 bits per heavy atom. The van der Waals surface area contributed by atoms with Crippen LogP contribution in [0.2, 0.25) is 0 Å². The number of rotatable bonds is 2. The number of H-pyrrole nitrogens is 1. The van der Waals surface area contributed by atoms with Gasteiger partial charge in [-0.05, 0) is 26.8 Å². The molecule has 1 heterocycles. The second-order valence-corrected chi connectivity index (χ2v) is 2.94. The first-order chi connectivity index (χ1) is 6.09. The third kappa shape index (κ3) is 2.70. The molecule has 5 nitrogen and oxygen atoms in total. The molecule has 0 atom stereocenters. The van der Waals surface area contributed by atoms with Gasteiger partial charge in [0.15, 0.2) is 5.69 Å². The SMILES string of the molecule is CC(C)=NNC(=O)c1cc(C)[nH]n1. The van der Waals surface area contributed by atoms with Gasteiger partial charge < -0.3 is 0 Å². The topological polar surface area (TPSA) is 70.1 Å². The Morgan fingerprint density at radius 1 is 1.62 bits per heavy atom. The van der Waals surface area contributed by atoms with Crippen LogP contribution >= 0.6 is 0 Å². The molecule has 0 spiro atoms. The fraction of sp³-hybridized carbons (Fsp3) is 0.375. The Labute approximate surface area is 76.2 Å². The van der Waals surface area contributed by atoms with E-state index in [2.05, 4.69) is 20.7 Å². The summed E-state index contributed by atoms with van der Waals surface area (Å²) in [4.78, 5) is 11.3. The zero-order valence-electron chi connectivity index (χ0n) is 7.88. The van der Waals surface area contributed by atoms with E-state index in [1.54, 1.807) is 19.9 Å². The van der Waals surface area contributed by atoms with Gasteiger partial charge in [-0.1, -0.05) is 0 Å². The molecule has 0 saturated heterocycles. The highest BCUT2D eigenvalue weighted by atomic mass is 16.2. The Bertz CT molecular complexity index is 336. The summed E-state index contributed by atoms with van der Waals surface area (Å²) in [5.41, 5.74) is 4.37. The summed E-state index contributed by atoms with van der Waals surface area (Å²) in [6.45, 7) is 5.43. The molecule has 0 aliphatic heterocycles. The Balaban J connectivity index is 2.64. The smallest absolute Gasteiger partial charge is 0.282 e. The fourth-order valence-corrected chi connectivity index (χ4v) is 0.754. The summed E-state index contributed by atoms with van der Waals surface area (Å²) in [7, 11) is 0. The van der Waals surface area contributed by atoms with E-state index >= 15 is 0 Å². The zero-order chi connectivity index (χ0) is 9.84. The van der Waals surface area contributed by atoms with Crippen LogP contribution in [-0.4, -0.2) is 21.8 Å². The first-order valence-electron chi connectivity index (χ1n) is 3.93. The highest BCUT2D eigenvalue weighted by Crippen LogP contribution is 1.96. The van der Waals surface area contributed by atoms with Crippen LogP contribution in [0, 0.1) is 6.92 Å². The molecular weight excluding hydrogens is 168 g/mol. The Kier molecular flexibility index (Phi) is 2.79. The van der Waals surface area contributed by atoms with Crippen molar-refractivity contribution in [2.75, 3.05) is 0 Å². The lowest BCUT2D eigenvalue weighted by Crippen LogP contribution is -2.18. The van der Waals surface area contributed by atoms with Crippen molar-refractivity contribution in [2.45, 2.75) is 20.8 Å². The summed E-state index contributed by atoms with van der Waals surface area (Å²) < 4.78 is 0. The zero-order valence-corrected chi connectivity index (χ0v) is 7.88. The van der Waals surface area contributed by atoms with Crippen molar-refractivity contribution in [1.29, 1.82) is 0 Å². The summed E-state index contributed by atoms with van der Waals surface area (Å²) >= 11 is 0. The first kappa shape index (κ1) is 9.44. The number of hydrogen-bond acceptors (Lipinski definition) is 3. The number of carbonyl (C=O) groups excluding carboxylic acids is 1. The van der Waals surface area contributed by atoms with E-state index in [-0.39, 0.29) is 5.91 Å². The van der Waals surface area contributed by atoms with Crippen molar-refractivity contribution in [1.82, 2.24) is 15.6 Å². The number of aryl methyl sites for hydroxylation is 1. The van der Waals surface area contributed by atoms with Crippen molar-refractivity contribution in [3.63, 3.8) is 0 Å². The second kappa shape index (κ2) is 3.84. The quantitative estimate of drug-likeness (QED) is 0.523. The summed E-state index contributed by atoms with van der Waals surface area (Å²) in [6.07, 6.45) is 0. The van der Waals surface area contributed by atoms with Crippen molar-refractivity contribution in [3.8, 4) is 0 Å². The number of hydrazone groups is 1. The number of nitrogens with zero attached hydrogens (tertiary/aromatic N) is 2. The summed E-state index contributed by atoms with van der Waals surface area (Å²) in [6, 6.07) is 1.66. The van der Waals surface area contributed by atoms with Crippen molar-refractivity contribution in [2.24, 2.45) is 5.10 Å². The summed E-state index contributed by atoms with van der Waals surface area (Å²) in [5, 5.41) is 10.2. The number of amides is 1. The number of nitrogens with one attached hydrogen (secondary N) is 2. The van der Waals surface area contributed by atoms with Crippen molar-refractivity contribution in [3.05, 3.63) is 17.5 Å². The lowest BCUT2D eigenvalue weighted by molar-refractivity contribution is 0.0949. The van der Waals surface area contributed by atoms with Crippen LogP contribution in [-0.2, 0) is 0 Å². The molecule has 0 aliphatic carbocycles. The molecule has 5 heteroatoms. The lowest BCUT2D eigenvalue weighted by Gasteiger charge is -1.94. The van der Waals surface area contributed by atoms with Crippen LogP contribution in [0.4, 0.5) is 0 Å². The van der Waals surface area contributed by atoms with Gasteiger partial charge in [0, 0.05) is 11.4 Å². The van der Waals surface area contributed by atoms with E-state index in [1.807, 2.05) is 6.92 Å². The van der Waals surface area contributed by atoms with Crippen LogP contribution in [0.5, 0.6) is 0 Å². The fourth-order valence-electron chi connectivity index (χ4n) is 0.754. The minimum absolute atomic E-state index is 0.300. The van der Waals surface area contributed by atoms with Crippen molar-refractivity contribution >= 4 is 11.6 Å². The van der Waals surface area contributed by atoms with Gasteiger partial charge in [-0.3, -0.25) is 9.89 Å². The van der Waals surface area contributed by atoms with E-state index in [4.69, 9.17) is 0 Å². The van der Waals surface area contributed by atoms with Gasteiger partial charge in [0.05, 0.1) is 0 Å². The number of aromatic nitrogens is 2. The van der Waals surface area contributed by atoms with Gasteiger partial charge in [0.25, 0.3) is 5.91 Å². The minimum atomic E-state index is -0.300. The molecule has 0 aromatic carbocycles. The van der Waals surface area contributed by atoms with Gasteiger partial charge >= 0.3 is 0 Å². The number of carbonyl (C=O) groups is 1. The molecule has 0 saturated carbocycles. The maximum atomic E-state index is 11.3. The summed E-state index contributed by atoms with van der Waals surface area (Å²) in [5.74, 6) is -0.300. The predicted octanol–water partition coefficient (Wildman–Crippen LogP) is 0.844. The largest absolute Gasteiger partial charge is 0.291 e. The molecule has 0 aliphatic rings. The van der Waals surface area contributed by atoms with E-state index in [1.165, 1.54) is 0 Å². The molecule has 13 heavy (non-hydrogen) atoms. The van der Waals surface area contributed by atoms with Gasteiger partial charge in [0.2, 0.25) is 0 Å². The molecule has 1 aromatic heterocycles. The monoisotopic (exact) mass is 180 g/mol. The minimum Gasteiger partial charge on any atom is -0.282 e. The van der Waals surface area contributed by atoms with E-state index in [0.717, 1.165) is 11.4 Å². The van der Waals surface area contributed by atoms with Crippen LogP contribution in [0.25, 0.3) is 0 Å². The molecule has 0 unspecified atom stereocenters. The molecule has 0 bridgehead atoms. The van der Waals surface area contributed by atoms with Crippen molar-refractivity contribution < 1.29 is 4.79 Å². The predicted molar refractivity (Wildman–Crippen MR) is 49.6 cm³/mol. The Hall–Kier alpha value is -1.65. The van der Waals surface area contributed by atoms with E-state index in [0.29, 0.717) is 5.69 Å². The van der Waals surface area contributed by atoms with Crippen LogP contribution < -0.4 is 5.43 Å². The molecule has 1 rings (SSSR count). The molecule has 0 radical (unpaired) electrons. The third-order valence-electron chi connectivity index (χ3n) is 1.32. The molecular formula is C8H12N4O. The van der Waals surface area contributed by atoms with Crippen LogP contribution in [0.15, 0.2) is 11.2 Å². The van der Waals surface area contributed by atoms with Gasteiger partial charge in [-0.25, -0.2) is 5.43 Å². The normalized spacial score (nSPS) is 9.46. The van der Waals surface area contributed by atoms with Gasteiger partial charge in [0.1, 0.15) is 0 Å². The lowest BCUT2D eigenvalue weighted by atomic mass is 10.4. The first-order valence-corrected chi connectivity index (χ1v) is 3.93. The standard InChI is InChI=1S/C8H12N4O/c1-5(2)9-12-8(13)7-4-6(3)10-11-7/h4H,1-3H3,(H,10,11)(H,12,13). The van der Waals surface area contributed by atoms with Gasteiger partial charge in [-0.15, -0.1) is 0 Å². The molecule has 2 N–H and O–H groups in total. The van der Waals surface area contributed by atoms with E-state index < -0.39 is 0 Å². The molecule has 70 valence electrons. The maximum Gasteiger partial charge on any atom is 0.291 e. The van der Waals surface area contributed by atoms with Gasteiger partial charge in [-0.2, -0.15) is 10.2 Å². The molecule has 0 fully saturated rings.